The second-order valence-electron chi connectivity index (χ2n) is 5.97. The number of amides is 1. The molecule has 9 heteroatoms. The van der Waals surface area contributed by atoms with Crippen molar-refractivity contribution in [1.29, 1.82) is 0 Å². The van der Waals surface area contributed by atoms with Crippen molar-refractivity contribution >= 4 is 23.4 Å². The molecule has 0 atom stereocenters. The Hall–Kier alpha value is -3.20. The molecule has 1 amide bonds. The average Bonchev–Trinajstić information content (AvgIpc) is 3.35. The van der Waals surface area contributed by atoms with Crippen LogP contribution >= 0.6 is 11.8 Å². The number of benzene rings is 2. The van der Waals surface area contributed by atoms with Crippen LogP contribution in [0, 0.1) is 6.92 Å². The van der Waals surface area contributed by atoms with Gasteiger partial charge in [-0.05, 0) is 31.2 Å². The molecule has 1 aliphatic heterocycles. The zero-order valence-corrected chi connectivity index (χ0v) is 15.8. The quantitative estimate of drug-likeness (QED) is 0.604. The monoisotopic (exact) mass is 399 g/mol. The highest BCUT2D eigenvalue weighted by Gasteiger charge is 2.15. The Labute approximate surface area is 165 Å². The summed E-state index contributed by atoms with van der Waals surface area (Å²) in [5.74, 6) is 2.29. The Morgan fingerprint density at radius 3 is 2.82 bits per heavy atom. The van der Waals surface area contributed by atoms with Crippen molar-refractivity contribution in [3.63, 3.8) is 0 Å². The number of rotatable bonds is 7. The van der Waals surface area contributed by atoms with Gasteiger partial charge in [-0.1, -0.05) is 29.5 Å². The van der Waals surface area contributed by atoms with Gasteiger partial charge >= 0.3 is 0 Å². The molecule has 28 heavy (non-hydrogen) atoms. The predicted molar refractivity (Wildman–Crippen MR) is 102 cm³/mol. The van der Waals surface area contributed by atoms with E-state index in [1.165, 1.54) is 0 Å². The topological polar surface area (TPSA) is 95.7 Å². The van der Waals surface area contributed by atoms with Crippen LogP contribution in [0.25, 0.3) is 0 Å². The van der Waals surface area contributed by atoms with Crippen LogP contribution in [0.2, 0.25) is 0 Å². The Morgan fingerprint density at radius 1 is 1.14 bits per heavy atom. The number of nitrogens with one attached hydrogen (secondary N) is 1. The van der Waals surface area contributed by atoms with Gasteiger partial charge in [-0.15, -0.1) is 10.2 Å². The van der Waals surface area contributed by atoms with E-state index in [1.807, 2.05) is 31.2 Å². The van der Waals surface area contributed by atoms with E-state index in [4.69, 9.17) is 18.6 Å². The zero-order valence-electron chi connectivity index (χ0n) is 15.0. The Balaban J connectivity index is 1.24. The van der Waals surface area contributed by atoms with E-state index in [9.17, 15) is 4.79 Å². The lowest BCUT2D eigenvalue weighted by atomic mass is 10.2. The molecule has 0 unspecified atom stereocenters. The third-order valence-corrected chi connectivity index (χ3v) is 4.63. The summed E-state index contributed by atoms with van der Waals surface area (Å²) < 4.78 is 21.6. The molecule has 2 aromatic carbocycles. The number of aryl methyl sites for hydroxylation is 1. The minimum absolute atomic E-state index is 0.134. The molecular formula is C19H17N3O5S. The first kappa shape index (κ1) is 18.2. The summed E-state index contributed by atoms with van der Waals surface area (Å²) in [6, 6.07) is 12.9. The van der Waals surface area contributed by atoms with E-state index in [2.05, 4.69) is 15.5 Å². The number of thioether (sulfide) groups is 1. The minimum atomic E-state index is -0.195. The van der Waals surface area contributed by atoms with E-state index in [1.54, 1.807) is 18.2 Å². The fraction of sp³-hybridized carbons (Fsp3) is 0.211. The standard InChI is InChI=1S/C19H17N3O5S/c1-12-2-5-14(6-3-12)24-9-18-21-22-19(27-18)28-10-17(23)20-13-4-7-15-16(8-13)26-11-25-15/h2-8H,9-11H2,1H3,(H,20,23). The lowest BCUT2D eigenvalue weighted by Gasteiger charge is -2.05. The van der Waals surface area contributed by atoms with Crippen molar-refractivity contribution in [1.82, 2.24) is 10.2 Å². The van der Waals surface area contributed by atoms with Crippen LogP contribution in [0.1, 0.15) is 11.5 Å². The van der Waals surface area contributed by atoms with Gasteiger partial charge in [0.05, 0.1) is 5.75 Å². The molecule has 0 saturated heterocycles. The normalized spacial score (nSPS) is 12.0. The molecule has 8 nitrogen and oxygen atoms in total. The Bertz CT molecular complexity index is 974. The average molecular weight is 399 g/mol. The highest BCUT2D eigenvalue weighted by Crippen LogP contribution is 2.34. The number of anilines is 1. The van der Waals surface area contributed by atoms with Gasteiger partial charge in [0.2, 0.25) is 12.7 Å². The molecule has 3 aromatic rings. The van der Waals surface area contributed by atoms with Crippen LogP contribution < -0.4 is 19.5 Å². The van der Waals surface area contributed by atoms with Crippen molar-refractivity contribution in [2.45, 2.75) is 18.8 Å². The number of carbonyl (C=O) groups excluding carboxylic acids is 1. The number of aromatic nitrogens is 2. The maximum atomic E-state index is 12.1. The largest absolute Gasteiger partial charge is 0.484 e. The molecule has 1 N–H and O–H groups in total. The smallest absolute Gasteiger partial charge is 0.277 e. The van der Waals surface area contributed by atoms with Crippen molar-refractivity contribution in [3.05, 3.63) is 53.9 Å². The van der Waals surface area contributed by atoms with Gasteiger partial charge in [0.25, 0.3) is 11.1 Å². The maximum Gasteiger partial charge on any atom is 0.277 e. The molecule has 144 valence electrons. The molecular weight excluding hydrogens is 382 g/mol. The summed E-state index contributed by atoms with van der Waals surface area (Å²) in [5, 5.41) is 10.9. The fourth-order valence-electron chi connectivity index (χ4n) is 2.43. The van der Waals surface area contributed by atoms with Crippen molar-refractivity contribution in [2.24, 2.45) is 0 Å². The molecule has 0 aliphatic carbocycles. The molecule has 0 fully saturated rings. The summed E-state index contributed by atoms with van der Waals surface area (Å²) in [5.41, 5.74) is 1.79. The lowest BCUT2D eigenvalue weighted by molar-refractivity contribution is -0.113. The number of nitrogens with zero attached hydrogens (tertiary/aromatic N) is 2. The second-order valence-corrected chi connectivity index (χ2v) is 6.89. The molecule has 0 saturated carbocycles. The summed E-state index contributed by atoms with van der Waals surface area (Å²) >= 11 is 1.15. The molecule has 1 aromatic heterocycles. The third-order valence-electron chi connectivity index (χ3n) is 3.81. The van der Waals surface area contributed by atoms with Gasteiger partial charge in [-0.2, -0.15) is 0 Å². The van der Waals surface area contributed by atoms with E-state index in [0.29, 0.717) is 28.3 Å². The van der Waals surface area contributed by atoms with Crippen molar-refractivity contribution in [2.75, 3.05) is 17.9 Å². The van der Waals surface area contributed by atoms with Gasteiger partial charge in [-0.3, -0.25) is 4.79 Å². The fourth-order valence-corrected chi connectivity index (χ4v) is 3.01. The van der Waals surface area contributed by atoms with Crippen molar-refractivity contribution < 1.29 is 23.4 Å². The molecule has 1 aliphatic rings. The van der Waals surface area contributed by atoms with Crippen LogP contribution in [0.3, 0.4) is 0 Å². The lowest BCUT2D eigenvalue weighted by Crippen LogP contribution is -2.13. The minimum Gasteiger partial charge on any atom is -0.484 e. The van der Waals surface area contributed by atoms with Gasteiger partial charge in [0.1, 0.15) is 5.75 Å². The second kappa shape index (κ2) is 8.22. The number of fused-ring (bicyclic) bond motifs is 1. The van der Waals surface area contributed by atoms with Gasteiger partial charge in [0, 0.05) is 11.8 Å². The van der Waals surface area contributed by atoms with E-state index >= 15 is 0 Å². The highest BCUT2D eigenvalue weighted by atomic mass is 32.2. The predicted octanol–water partition coefficient (Wildman–Crippen LogP) is 3.42. The van der Waals surface area contributed by atoms with E-state index in [0.717, 1.165) is 23.1 Å². The highest BCUT2D eigenvalue weighted by molar-refractivity contribution is 7.99. The van der Waals surface area contributed by atoms with Crippen LogP contribution in [-0.4, -0.2) is 28.7 Å². The molecule has 0 spiro atoms. The number of hydrogen-bond acceptors (Lipinski definition) is 8. The zero-order chi connectivity index (χ0) is 19.3. The Kier molecular flexibility index (Phi) is 5.34. The number of hydrogen-bond donors (Lipinski definition) is 1. The number of carbonyl (C=O) groups is 1. The van der Waals surface area contributed by atoms with Crippen LogP contribution in [0.15, 0.2) is 52.1 Å². The first-order valence-corrected chi connectivity index (χ1v) is 9.48. The van der Waals surface area contributed by atoms with E-state index in [-0.39, 0.29) is 25.1 Å². The van der Waals surface area contributed by atoms with Gasteiger partial charge in [0.15, 0.2) is 18.1 Å². The summed E-state index contributed by atoms with van der Waals surface area (Å²) in [4.78, 5) is 12.1. The Morgan fingerprint density at radius 2 is 1.96 bits per heavy atom. The number of ether oxygens (including phenoxy) is 3. The maximum absolute atomic E-state index is 12.1. The van der Waals surface area contributed by atoms with Gasteiger partial charge < -0.3 is 23.9 Å². The summed E-state index contributed by atoms with van der Waals surface area (Å²) in [6.07, 6.45) is 0. The summed E-state index contributed by atoms with van der Waals surface area (Å²) in [6.45, 7) is 2.36. The molecule has 0 radical (unpaired) electrons. The first-order chi connectivity index (χ1) is 13.7. The molecule has 4 rings (SSSR count). The molecule has 0 bridgehead atoms. The molecule has 2 heterocycles. The van der Waals surface area contributed by atoms with Crippen LogP contribution in [0.4, 0.5) is 5.69 Å². The first-order valence-electron chi connectivity index (χ1n) is 8.50. The summed E-state index contributed by atoms with van der Waals surface area (Å²) in [7, 11) is 0. The third kappa shape index (κ3) is 4.55. The van der Waals surface area contributed by atoms with E-state index < -0.39 is 0 Å². The van der Waals surface area contributed by atoms with Crippen LogP contribution in [0.5, 0.6) is 17.2 Å². The SMILES string of the molecule is Cc1ccc(OCc2nnc(SCC(=O)Nc3ccc4c(c3)OCO4)o2)cc1. The van der Waals surface area contributed by atoms with Crippen molar-refractivity contribution in [3.8, 4) is 17.2 Å². The van der Waals surface area contributed by atoms with Crippen LogP contribution in [-0.2, 0) is 11.4 Å². The van der Waals surface area contributed by atoms with Gasteiger partial charge in [-0.25, -0.2) is 0 Å².